The lowest BCUT2D eigenvalue weighted by Crippen LogP contribution is -2.68. The van der Waals surface area contributed by atoms with Gasteiger partial charge in [-0.15, -0.1) is 11.3 Å². The molecular formula is C32H32F2N8O2S. The summed E-state index contributed by atoms with van der Waals surface area (Å²) in [5, 5.41) is 11.5. The van der Waals surface area contributed by atoms with E-state index < -0.39 is 17.5 Å². The number of alkyl halides is 1. The first kappa shape index (κ1) is 27.6. The molecule has 0 saturated carbocycles. The van der Waals surface area contributed by atoms with Gasteiger partial charge in [0.1, 0.15) is 35.2 Å². The molecule has 5 saturated heterocycles. The van der Waals surface area contributed by atoms with Gasteiger partial charge >= 0.3 is 6.01 Å². The Labute approximate surface area is 262 Å². The van der Waals surface area contributed by atoms with Crippen LogP contribution in [0.4, 0.5) is 19.6 Å². The molecule has 0 aliphatic carbocycles. The Kier molecular flexibility index (Phi) is 6.07. The van der Waals surface area contributed by atoms with E-state index in [-0.39, 0.29) is 49.0 Å². The van der Waals surface area contributed by atoms with Crippen molar-refractivity contribution in [3.8, 4) is 23.3 Å². The molecule has 5 fully saturated rings. The number of ether oxygens (including phenoxy) is 2. The Balaban J connectivity index is 1.25. The third-order valence-corrected chi connectivity index (χ3v) is 11.6. The lowest BCUT2D eigenvalue weighted by molar-refractivity contribution is 0.107. The number of thiophene rings is 1. The van der Waals surface area contributed by atoms with Crippen LogP contribution in [0, 0.1) is 17.1 Å². The summed E-state index contributed by atoms with van der Waals surface area (Å²) < 4.78 is 44.9. The van der Waals surface area contributed by atoms with Crippen LogP contribution in [0.2, 0.25) is 0 Å². The number of halogens is 2. The number of nitrogens with zero attached hydrogens (tertiary/aromatic N) is 7. The van der Waals surface area contributed by atoms with Crippen molar-refractivity contribution in [3.05, 3.63) is 34.8 Å². The molecule has 6 aliphatic heterocycles. The SMILES string of the molecule is CN1CC2CC(C1)N2c1nc(OC[C@@]23CCCN2C[C@H](F)C3)nc2c(F)c(-c3nccc4sc(N)c(C#N)c34)c3c(c12)COC3. The van der Waals surface area contributed by atoms with Gasteiger partial charge in [0.2, 0.25) is 0 Å². The van der Waals surface area contributed by atoms with Crippen molar-refractivity contribution < 1.29 is 18.3 Å². The third kappa shape index (κ3) is 3.95. The molecule has 0 amide bonds. The van der Waals surface area contributed by atoms with Crippen LogP contribution in [0.15, 0.2) is 12.3 Å². The number of piperidine rings is 1. The topological polar surface area (TPSA) is 117 Å². The van der Waals surface area contributed by atoms with Crippen LogP contribution in [0.3, 0.4) is 0 Å². The molecule has 10 rings (SSSR count). The van der Waals surface area contributed by atoms with E-state index >= 15 is 4.39 Å². The Morgan fingerprint density at radius 3 is 2.84 bits per heavy atom. The van der Waals surface area contributed by atoms with Gasteiger partial charge in [-0.25, -0.2) is 8.78 Å². The maximum absolute atomic E-state index is 17.2. The van der Waals surface area contributed by atoms with Crippen molar-refractivity contribution in [1.29, 1.82) is 5.26 Å². The van der Waals surface area contributed by atoms with Gasteiger partial charge in [0.15, 0.2) is 5.82 Å². The fourth-order valence-corrected chi connectivity index (χ4v) is 9.58. The first-order chi connectivity index (χ1) is 21.8. The summed E-state index contributed by atoms with van der Waals surface area (Å²) in [6, 6.07) is 4.57. The molecule has 0 spiro atoms. The maximum atomic E-state index is 17.2. The van der Waals surface area contributed by atoms with Gasteiger partial charge in [0.25, 0.3) is 0 Å². The van der Waals surface area contributed by atoms with Gasteiger partial charge in [0.05, 0.1) is 35.4 Å². The van der Waals surface area contributed by atoms with Crippen LogP contribution in [-0.4, -0.2) is 88.4 Å². The molecule has 2 N–H and O–H groups in total. The summed E-state index contributed by atoms with van der Waals surface area (Å²) in [6.45, 7) is 3.76. The highest BCUT2D eigenvalue weighted by Gasteiger charge is 2.50. The summed E-state index contributed by atoms with van der Waals surface area (Å²) >= 11 is 1.28. The fourth-order valence-electron chi connectivity index (χ4n) is 8.67. The molecule has 4 aromatic rings. The molecule has 45 heavy (non-hydrogen) atoms. The van der Waals surface area contributed by atoms with E-state index in [9.17, 15) is 9.65 Å². The van der Waals surface area contributed by atoms with E-state index in [0.29, 0.717) is 51.4 Å². The second kappa shape index (κ2) is 9.90. The molecule has 13 heteroatoms. The highest BCUT2D eigenvalue weighted by Crippen LogP contribution is 2.48. The highest BCUT2D eigenvalue weighted by molar-refractivity contribution is 7.23. The standard InChI is InChI=1S/C32H32F2N8O2S/c1-40-11-17-7-18(12-40)42(17)30-25-21-14-43-13-20(21)24(27-23-19(9-35)29(36)45-22(23)3-5-37-27)26(34)28(25)38-31(39-30)44-15-32-4-2-6-41(32)10-16(33)8-32/h3,5,16-18H,2,4,6-8,10-15,36H2,1H3/t16-,17?,18?,32+/m1/s1. The van der Waals surface area contributed by atoms with Crippen molar-refractivity contribution in [3.63, 3.8) is 0 Å². The minimum Gasteiger partial charge on any atom is -0.461 e. The van der Waals surface area contributed by atoms with Crippen LogP contribution in [0.25, 0.3) is 32.2 Å². The van der Waals surface area contributed by atoms with Gasteiger partial charge in [-0.1, -0.05) is 0 Å². The molecule has 3 aromatic heterocycles. The van der Waals surface area contributed by atoms with E-state index in [0.717, 1.165) is 49.2 Å². The van der Waals surface area contributed by atoms with Crippen LogP contribution in [-0.2, 0) is 18.0 Å². The average Bonchev–Trinajstić information content (AvgIpc) is 3.78. The van der Waals surface area contributed by atoms with Crippen molar-refractivity contribution in [2.24, 2.45) is 0 Å². The Hall–Kier alpha value is -3.70. The van der Waals surface area contributed by atoms with Gasteiger partial charge in [0, 0.05) is 60.0 Å². The van der Waals surface area contributed by atoms with E-state index in [1.54, 1.807) is 12.3 Å². The predicted octanol–water partition coefficient (Wildman–Crippen LogP) is 4.38. The van der Waals surface area contributed by atoms with Crippen molar-refractivity contribution in [2.75, 3.05) is 50.5 Å². The predicted molar refractivity (Wildman–Crippen MR) is 166 cm³/mol. The minimum atomic E-state index is -0.887. The monoisotopic (exact) mass is 630 g/mol. The number of aromatic nitrogens is 3. The zero-order chi connectivity index (χ0) is 30.6. The molecule has 2 bridgehead atoms. The van der Waals surface area contributed by atoms with E-state index in [2.05, 4.69) is 32.8 Å². The Morgan fingerprint density at radius 2 is 2.02 bits per heavy atom. The number of fused-ring (bicyclic) bond motifs is 7. The average molecular weight is 631 g/mol. The quantitative estimate of drug-likeness (QED) is 0.341. The molecule has 6 aliphatic rings. The number of rotatable bonds is 5. The van der Waals surface area contributed by atoms with Crippen LogP contribution in [0.5, 0.6) is 6.01 Å². The number of nitriles is 1. The second-order valence-corrected chi connectivity index (χ2v) is 14.3. The number of hydrogen-bond acceptors (Lipinski definition) is 11. The zero-order valence-electron chi connectivity index (χ0n) is 24.9. The molecule has 10 nitrogen and oxygen atoms in total. The molecule has 0 radical (unpaired) electrons. The number of benzene rings is 1. The smallest absolute Gasteiger partial charge is 0.319 e. The summed E-state index contributed by atoms with van der Waals surface area (Å²) in [5.41, 5.74) is 8.39. The van der Waals surface area contributed by atoms with Crippen LogP contribution >= 0.6 is 11.3 Å². The third-order valence-electron chi connectivity index (χ3n) is 10.6. The lowest BCUT2D eigenvalue weighted by Gasteiger charge is -2.56. The largest absolute Gasteiger partial charge is 0.461 e. The normalized spacial score (nSPS) is 27.6. The lowest BCUT2D eigenvalue weighted by atomic mass is 9.86. The van der Waals surface area contributed by atoms with Gasteiger partial charge in [-0.2, -0.15) is 15.2 Å². The maximum Gasteiger partial charge on any atom is 0.319 e. The first-order valence-corrected chi connectivity index (χ1v) is 16.4. The Morgan fingerprint density at radius 1 is 1.20 bits per heavy atom. The highest BCUT2D eigenvalue weighted by atomic mass is 32.1. The molecule has 9 heterocycles. The number of hydrogen-bond donors (Lipinski definition) is 1. The number of piperazine rings is 1. The number of nitrogen functional groups attached to an aromatic ring is 1. The minimum absolute atomic E-state index is 0.0896. The van der Waals surface area contributed by atoms with Crippen molar-refractivity contribution in [1.82, 2.24) is 24.8 Å². The van der Waals surface area contributed by atoms with E-state index in [1.165, 1.54) is 11.3 Å². The number of likely N-dealkylation sites (N-methyl/N-ethyl adjacent to an activating group) is 1. The van der Waals surface area contributed by atoms with Crippen molar-refractivity contribution >= 4 is 43.1 Å². The first-order valence-electron chi connectivity index (χ1n) is 15.5. The van der Waals surface area contributed by atoms with Gasteiger partial charge in [-0.05, 0) is 50.0 Å². The number of pyridine rings is 1. The summed E-state index contributed by atoms with van der Waals surface area (Å²) in [4.78, 5) is 21.1. The van der Waals surface area contributed by atoms with Gasteiger partial charge in [-0.3, -0.25) is 9.88 Å². The summed E-state index contributed by atoms with van der Waals surface area (Å²) in [5.74, 6) is 0.111. The summed E-state index contributed by atoms with van der Waals surface area (Å²) in [7, 11) is 2.12. The summed E-state index contributed by atoms with van der Waals surface area (Å²) in [6.07, 6.45) is 4.03. The molecule has 1 aromatic carbocycles. The number of nitrogens with two attached hydrogens (primary N) is 1. The van der Waals surface area contributed by atoms with E-state index in [1.807, 2.05) is 0 Å². The van der Waals surface area contributed by atoms with Crippen LogP contribution < -0.4 is 15.4 Å². The second-order valence-electron chi connectivity index (χ2n) is 13.2. The molecule has 2 unspecified atom stereocenters. The number of anilines is 2. The van der Waals surface area contributed by atoms with Crippen LogP contribution in [0.1, 0.15) is 42.4 Å². The Bertz CT molecular complexity index is 1930. The molecule has 232 valence electrons. The molecule has 4 atom stereocenters. The van der Waals surface area contributed by atoms with E-state index in [4.69, 9.17) is 25.2 Å². The molecular weight excluding hydrogens is 598 g/mol. The zero-order valence-corrected chi connectivity index (χ0v) is 25.7. The van der Waals surface area contributed by atoms with Gasteiger partial charge < -0.3 is 25.0 Å². The fraction of sp³-hybridized carbons (Fsp3) is 0.500. The van der Waals surface area contributed by atoms with Crippen molar-refractivity contribution in [2.45, 2.75) is 62.7 Å².